The molecular weight excluding hydrogens is 246 g/mol. The fraction of sp³-hybridized carbons (Fsp3) is 0.444. The van der Waals surface area contributed by atoms with Crippen LogP contribution in [0.2, 0.25) is 0 Å². The highest BCUT2D eigenvalue weighted by molar-refractivity contribution is 5.40. The molecule has 0 saturated carbocycles. The Labute approximate surface area is 121 Å². The Balaban J connectivity index is 1.96. The SMILES string of the molecule is COc1ccc(C2(C3CCNCC3)C=CC=CC2)cc1. The highest BCUT2D eigenvalue weighted by atomic mass is 16.5. The van der Waals surface area contributed by atoms with E-state index in [1.165, 1.54) is 18.4 Å². The van der Waals surface area contributed by atoms with E-state index >= 15 is 0 Å². The number of methoxy groups -OCH3 is 1. The van der Waals surface area contributed by atoms with Crippen LogP contribution in [-0.2, 0) is 5.41 Å². The highest BCUT2D eigenvalue weighted by Gasteiger charge is 2.38. The van der Waals surface area contributed by atoms with E-state index < -0.39 is 0 Å². The molecule has 1 aliphatic carbocycles. The van der Waals surface area contributed by atoms with Gasteiger partial charge in [0.05, 0.1) is 7.11 Å². The lowest BCUT2D eigenvalue weighted by atomic mass is 9.64. The van der Waals surface area contributed by atoms with Gasteiger partial charge >= 0.3 is 0 Å². The number of ether oxygens (including phenoxy) is 1. The molecule has 1 aromatic rings. The van der Waals surface area contributed by atoms with Crippen molar-refractivity contribution in [2.24, 2.45) is 5.92 Å². The van der Waals surface area contributed by atoms with Gasteiger partial charge in [0, 0.05) is 5.41 Å². The summed E-state index contributed by atoms with van der Waals surface area (Å²) in [5.41, 5.74) is 1.59. The summed E-state index contributed by atoms with van der Waals surface area (Å²) in [6.45, 7) is 2.28. The smallest absolute Gasteiger partial charge is 0.118 e. The Morgan fingerprint density at radius 1 is 1.10 bits per heavy atom. The van der Waals surface area contributed by atoms with Crippen molar-refractivity contribution in [3.05, 3.63) is 54.1 Å². The van der Waals surface area contributed by atoms with Crippen LogP contribution in [0.4, 0.5) is 0 Å². The summed E-state index contributed by atoms with van der Waals surface area (Å²) >= 11 is 0. The minimum atomic E-state index is 0.170. The van der Waals surface area contributed by atoms with Gasteiger partial charge in [-0.05, 0) is 56.0 Å². The zero-order valence-electron chi connectivity index (χ0n) is 12.1. The lowest BCUT2D eigenvalue weighted by molar-refractivity contribution is 0.256. The molecule has 2 heteroatoms. The molecule has 1 atom stereocenters. The summed E-state index contributed by atoms with van der Waals surface area (Å²) in [4.78, 5) is 0. The zero-order valence-corrected chi connectivity index (χ0v) is 12.1. The Morgan fingerprint density at radius 3 is 2.45 bits per heavy atom. The van der Waals surface area contributed by atoms with E-state index in [-0.39, 0.29) is 5.41 Å². The number of piperidine rings is 1. The van der Waals surface area contributed by atoms with E-state index in [1.807, 2.05) is 0 Å². The quantitative estimate of drug-likeness (QED) is 0.907. The molecular formula is C18H23NO. The van der Waals surface area contributed by atoms with Crippen LogP contribution in [-0.4, -0.2) is 20.2 Å². The van der Waals surface area contributed by atoms with Crippen LogP contribution in [0.1, 0.15) is 24.8 Å². The van der Waals surface area contributed by atoms with Gasteiger partial charge in [-0.3, -0.25) is 0 Å². The van der Waals surface area contributed by atoms with Crippen LogP contribution in [0.25, 0.3) is 0 Å². The maximum absolute atomic E-state index is 5.29. The summed E-state index contributed by atoms with van der Waals surface area (Å²) in [6.07, 6.45) is 12.7. The maximum atomic E-state index is 5.29. The molecule has 0 radical (unpaired) electrons. The van der Waals surface area contributed by atoms with Crippen LogP contribution >= 0.6 is 0 Å². The van der Waals surface area contributed by atoms with E-state index in [9.17, 15) is 0 Å². The van der Waals surface area contributed by atoms with Crippen molar-refractivity contribution in [1.82, 2.24) is 5.32 Å². The topological polar surface area (TPSA) is 21.3 Å². The Hall–Kier alpha value is -1.54. The van der Waals surface area contributed by atoms with Gasteiger partial charge in [-0.25, -0.2) is 0 Å². The molecule has 1 fully saturated rings. The number of rotatable bonds is 3. The molecule has 20 heavy (non-hydrogen) atoms. The first kappa shape index (κ1) is 13.4. The molecule has 1 unspecified atom stereocenters. The average molecular weight is 269 g/mol. The normalized spacial score (nSPS) is 26.6. The number of benzene rings is 1. The van der Waals surface area contributed by atoms with Crippen molar-refractivity contribution in [3.8, 4) is 5.75 Å². The number of nitrogens with one attached hydrogen (secondary N) is 1. The first-order chi connectivity index (χ1) is 9.85. The van der Waals surface area contributed by atoms with Gasteiger partial charge in [-0.2, -0.15) is 0 Å². The predicted octanol–water partition coefficient (Wildman–Crippen LogP) is 3.45. The summed E-state index contributed by atoms with van der Waals surface area (Å²) in [5, 5.41) is 3.48. The fourth-order valence-corrected chi connectivity index (χ4v) is 3.63. The lowest BCUT2D eigenvalue weighted by Gasteiger charge is -2.42. The largest absolute Gasteiger partial charge is 0.497 e. The van der Waals surface area contributed by atoms with Gasteiger partial charge in [-0.15, -0.1) is 0 Å². The molecule has 2 nitrogen and oxygen atoms in total. The molecule has 2 aliphatic rings. The van der Waals surface area contributed by atoms with E-state index in [0.717, 1.165) is 31.2 Å². The van der Waals surface area contributed by atoms with Crippen LogP contribution in [0.5, 0.6) is 5.75 Å². The van der Waals surface area contributed by atoms with Crippen molar-refractivity contribution in [3.63, 3.8) is 0 Å². The summed E-state index contributed by atoms with van der Waals surface area (Å²) in [5.74, 6) is 1.66. The molecule has 1 heterocycles. The molecule has 1 N–H and O–H groups in total. The molecule has 1 aliphatic heterocycles. The zero-order chi connectivity index (χ0) is 13.8. The first-order valence-electron chi connectivity index (χ1n) is 7.55. The highest BCUT2D eigenvalue weighted by Crippen LogP contribution is 2.43. The summed E-state index contributed by atoms with van der Waals surface area (Å²) < 4.78 is 5.29. The average Bonchev–Trinajstić information content (AvgIpc) is 2.56. The predicted molar refractivity (Wildman–Crippen MR) is 83.2 cm³/mol. The fourth-order valence-electron chi connectivity index (χ4n) is 3.63. The van der Waals surface area contributed by atoms with Crippen LogP contribution in [0.3, 0.4) is 0 Å². The molecule has 0 spiro atoms. The van der Waals surface area contributed by atoms with Crippen LogP contribution in [0, 0.1) is 5.92 Å². The molecule has 1 aromatic carbocycles. The van der Waals surface area contributed by atoms with Crippen LogP contribution < -0.4 is 10.1 Å². The second kappa shape index (κ2) is 5.84. The van der Waals surface area contributed by atoms with E-state index in [0.29, 0.717) is 0 Å². The minimum Gasteiger partial charge on any atom is -0.497 e. The van der Waals surface area contributed by atoms with Gasteiger partial charge in [-0.1, -0.05) is 36.4 Å². The van der Waals surface area contributed by atoms with Gasteiger partial charge in [0.2, 0.25) is 0 Å². The third-order valence-corrected chi connectivity index (χ3v) is 4.79. The number of hydrogen-bond donors (Lipinski definition) is 1. The van der Waals surface area contributed by atoms with E-state index in [4.69, 9.17) is 4.74 Å². The van der Waals surface area contributed by atoms with Gasteiger partial charge in [0.1, 0.15) is 5.75 Å². The van der Waals surface area contributed by atoms with Crippen molar-refractivity contribution in [2.75, 3.05) is 20.2 Å². The number of hydrogen-bond acceptors (Lipinski definition) is 2. The Bertz CT molecular complexity index is 497. The molecule has 3 rings (SSSR count). The Morgan fingerprint density at radius 2 is 1.85 bits per heavy atom. The monoisotopic (exact) mass is 269 g/mol. The second-order valence-electron chi connectivity index (χ2n) is 5.78. The molecule has 1 saturated heterocycles. The third kappa shape index (κ3) is 2.40. The van der Waals surface area contributed by atoms with Crippen LogP contribution in [0.15, 0.2) is 48.6 Å². The standard InChI is InChI=1S/C18H23NO/c1-20-17-7-5-15(6-8-17)18(11-3-2-4-12-18)16-9-13-19-14-10-16/h2-8,11,16,19H,9-10,12-14H2,1H3. The van der Waals surface area contributed by atoms with E-state index in [2.05, 4.69) is 53.9 Å². The Kier molecular flexibility index (Phi) is 3.93. The lowest BCUT2D eigenvalue weighted by Crippen LogP contribution is -2.41. The molecule has 106 valence electrons. The second-order valence-corrected chi connectivity index (χ2v) is 5.78. The first-order valence-corrected chi connectivity index (χ1v) is 7.55. The van der Waals surface area contributed by atoms with Crippen molar-refractivity contribution >= 4 is 0 Å². The maximum Gasteiger partial charge on any atom is 0.118 e. The molecule has 0 bridgehead atoms. The van der Waals surface area contributed by atoms with Gasteiger partial charge < -0.3 is 10.1 Å². The van der Waals surface area contributed by atoms with Gasteiger partial charge in [0.25, 0.3) is 0 Å². The van der Waals surface area contributed by atoms with Crippen molar-refractivity contribution in [2.45, 2.75) is 24.7 Å². The van der Waals surface area contributed by atoms with Gasteiger partial charge in [0.15, 0.2) is 0 Å². The van der Waals surface area contributed by atoms with E-state index in [1.54, 1.807) is 7.11 Å². The minimum absolute atomic E-state index is 0.170. The number of allylic oxidation sites excluding steroid dienone is 4. The molecule has 0 aromatic heterocycles. The van der Waals surface area contributed by atoms with Crippen molar-refractivity contribution in [1.29, 1.82) is 0 Å². The summed E-state index contributed by atoms with van der Waals surface area (Å²) in [6, 6.07) is 8.66. The molecule has 0 amide bonds. The third-order valence-electron chi connectivity index (χ3n) is 4.79. The summed E-state index contributed by atoms with van der Waals surface area (Å²) in [7, 11) is 1.72. The van der Waals surface area contributed by atoms with Crippen molar-refractivity contribution < 1.29 is 4.74 Å².